The lowest BCUT2D eigenvalue weighted by Gasteiger charge is -2.03. The van der Waals surface area contributed by atoms with E-state index in [0.717, 1.165) is 0 Å². The Labute approximate surface area is 98.3 Å². The topological polar surface area (TPSA) is 101 Å². The number of hydrogen-bond acceptors (Lipinski definition) is 4. The van der Waals surface area contributed by atoms with Crippen molar-refractivity contribution in [1.29, 1.82) is 0 Å². The Hall–Kier alpha value is -1.73. The van der Waals surface area contributed by atoms with Crippen LogP contribution < -0.4 is 4.72 Å². The van der Waals surface area contributed by atoms with Gasteiger partial charge in [0.2, 0.25) is 10.0 Å². The SMILES string of the molecule is O=C(O)CNS(=O)(=O)CC(=O)c1ccccc1. The molecule has 0 saturated heterocycles. The molecule has 0 unspecified atom stereocenters. The lowest BCUT2D eigenvalue weighted by molar-refractivity contribution is -0.135. The number of sulfonamides is 1. The van der Waals surface area contributed by atoms with E-state index in [2.05, 4.69) is 0 Å². The van der Waals surface area contributed by atoms with Crippen molar-refractivity contribution in [2.24, 2.45) is 0 Å². The van der Waals surface area contributed by atoms with Crippen LogP contribution in [0.5, 0.6) is 0 Å². The van der Waals surface area contributed by atoms with E-state index >= 15 is 0 Å². The Bertz CT molecular complexity index is 509. The third-order valence-electron chi connectivity index (χ3n) is 1.86. The van der Waals surface area contributed by atoms with Crippen LogP contribution in [0.2, 0.25) is 0 Å². The highest BCUT2D eigenvalue weighted by atomic mass is 32.2. The van der Waals surface area contributed by atoms with Gasteiger partial charge >= 0.3 is 5.97 Å². The molecular formula is C10H11NO5S. The molecule has 6 nitrogen and oxygen atoms in total. The van der Waals surface area contributed by atoms with Crippen molar-refractivity contribution in [3.05, 3.63) is 35.9 Å². The Morgan fingerprint density at radius 3 is 2.29 bits per heavy atom. The van der Waals surface area contributed by atoms with Gasteiger partial charge in [-0.15, -0.1) is 0 Å². The number of carboxylic acids is 1. The van der Waals surface area contributed by atoms with Crippen molar-refractivity contribution in [2.75, 3.05) is 12.3 Å². The number of carboxylic acid groups (broad SMARTS) is 1. The molecule has 0 aliphatic heterocycles. The first-order valence-corrected chi connectivity index (χ1v) is 6.33. The number of rotatable bonds is 6. The number of ketones is 1. The highest BCUT2D eigenvalue weighted by Gasteiger charge is 2.18. The van der Waals surface area contributed by atoms with E-state index in [0.29, 0.717) is 0 Å². The zero-order valence-electron chi connectivity index (χ0n) is 8.79. The number of aliphatic carboxylic acids is 1. The fraction of sp³-hybridized carbons (Fsp3) is 0.200. The maximum absolute atomic E-state index is 11.5. The van der Waals surface area contributed by atoms with E-state index in [1.807, 2.05) is 4.72 Å². The third kappa shape index (κ3) is 4.75. The quantitative estimate of drug-likeness (QED) is 0.691. The van der Waals surface area contributed by atoms with E-state index in [1.165, 1.54) is 12.1 Å². The fourth-order valence-corrected chi connectivity index (χ4v) is 2.06. The fourth-order valence-electron chi connectivity index (χ4n) is 1.10. The van der Waals surface area contributed by atoms with Crippen LogP contribution in [0.25, 0.3) is 0 Å². The summed E-state index contributed by atoms with van der Waals surface area (Å²) >= 11 is 0. The zero-order valence-corrected chi connectivity index (χ0v) is 9.61. The molecule has 0 aliphatic carbocycles. The molecule has 0 amide bonds. The number of carbonyl (C=O) groups is 2. The molecular weight excluding hydrogens is 246 g/mol. The summed E-state index contributed by atoms with van der Waals surface area (Å²) in [6, 6.07) is 7.92. The summed E-state index contributed by atoms with van der Waals surface area (Å²) < 4.78 is 24.5. The Morgan fingerprint density at radius 1 is 1.18 bits per heavy atom. The minimum atomic E-state index is -3.90. The van der Waals surface area contributed by atoms with Crippen LogP contribution >= 0.6 is 0 Å². The van der Waals surface area contributed by atoms with Gasteiger partial charge in [-0.05, 0) is 0 Å². The zero-order chi connectivity index (χ0) is 12.9. The van der Waals surface area contributed by atoms with E-state index in [-0.39, 0.29) is 5.56 Å². The molecule has 1 aromatic carbocycles. The van der Waals surface area contributed by atoms with Gasteiger partial charge < -0.3 is 5.11 Å². The van der Waals surface area contributed by atoms with E-state index in [1.54, 1.807) is 18.2 Å². The van der Waals surface area contributed by atoms with Gasteiger partial charge in [-0.2, -0.15) is 0 Å². The van der Waals surface area contributed by atoms with E-state index < -0.39 is 34.1 Å². The summed E-state index contributed by atoms with van der Waals surface area (Å²) in [6.45, 7) is -0.732. The van der Waals surface area contributed by atoms with Crippen molar-refractivity contribution in [1.82, 2.24) is 4.72 Å². The summed E-state index contributed by atoms with van der Waals surface area (Å²) in [5.74, 6) is -2.64. The molecule has 0 bridgehead atoms. The van der Waals surface area contributed by atoms with Gasteiger partial charge in [-0.25, -0.2) is 13.1 Å². The third-order valence-corrected chi connectivity index (χ3v) is 3.09. The van der Waals surface area contributed by atoms with Crippen LogP contribution in [-0.2, 0) is 14.8 Å². The van der Waals surface area contributed by atoms with Crippen LogP contribution in [0.15, 0.2) is 30.3 Å². The van der Waals surface area contributed by atoms with Crippen molar-refractivity contribution in [3.8, 4) is 0 Å². The number of benzene rings is 1. The van der Waals surface area contributed by atoms with Crippen molar-refractivity contribution in [2.45, 2.75) is 0 Å². The molecule has 0 spiro atoms. The number of nitrogens with one attached hydrogen (secondary N) is 1. The van der Waals surface area contributed by atoms with Crippen LogP contribution in [0.1, 0.15) is 10.4 Å². The first-order chi connectivity index (χ1) is 7.91. The summed E-state index contributed by atoms with van der Waals surface area (Å²) in [5.41, 5.74) is 0.271. The predicted octanol–water partition coefficient (Wildman–Crippen LogP) is -0.127. The van der Waals surface area contributed by atoms with Crippen LogP contribution in [0, 0.1) is 0 Å². The lowest BCUT2D eigenvalue weighted by Crippen LogP contribution is -2.33. The second kappa shape index (κ2) is 5.55. The first-order valence-electron chi connectivity index (χ1n) is 4.68. The summed E-state index contributed by atoms with van der Waals surface area (Å²) in [6.07, 6.45) is 0. The second-order valence-corrected chi connectivity index (χ2v) is 5.07. The monoisotopic (exact) mass is 257 g/mol. The summed E-state index contributed by atoms with van der Waals surface area (Å²) in [4.78, 5) is 21.7. The van der Waals surface area contributed by atoms with Crippen LogP contribution in [-0.4, -0.2) is 37.6 Å². The van der Waals surface area contributed by atoms with Gasteiger partial charge in [0, 0.05) is 5.56 Å². The highest BCUT2D eigenvalue weighted by molar-refractivity contribution is 7.90. The summed E-state index contributed by atoms with van der Waals surface area (Å²) in [5, 5.41) is 8.32. The maximum Gasteiger partial charge on any atom is 0.318 e. The molecule has 0 aliphatic rings. The second-order valence-electron chi connectivity index (χ2n) is 3.26. The van der Waals surface area contributed by atoms with Crippen LogP contribution in [0.3, 0.4) is 0 Å². The molecule has 0 aromatic heterocycles. The number of Topliss-reactive ketones (excluding diaryl/α,β-unsaturated/α-hetero) is 1. The van der Waals surface area contributed by atoms with Crippen molar-refractivity contribution in [3.63, 3.8) is 0 Å². The molecule has 0 saturated carbocycles. The van der Waals surface area contributed by atoms with Crippen molar-refractivity contribution < 1.29 is 23.1 Å². The molecule has 2 N–H and O–H groups in total. The first kappa shape index (κ1) is 13.3. The minimum Gasteiger partial charge on any atom is -0.480 e. The van der Waals surface area contributed by atoms with E-state index in [4.69, 9.17) is 5.11 Å². The molecule has 92 valence electrons. The van der Waals surface area contributed by atoms with Gasteiger partial charge in [0.15, 0.2) is 5.78 Å². The van der Waals surface area contributed by atoms with Gasteiger partial charge in [0.1, 0.15) is 12.3 Å². The number of carbonyl (C=O) groups excluding carboxylic acids is 1. The molecule has 7 heteroatoms. The average Bonchev–Trinajstić information content (AvgIpc) is 2.27. The van der Waals surface area contributed by atoms with Gasteiger partial charge in [0.25, 0.3) is 0 Å². The van der Waals surface area contributed by atoms with Gasteiger partial charge in [-0.3, -0.25) is 9.59 Å². The largest absolute Gasteiger partial charge is 0.480 e. The predicted molar refractivity (Wildman–Crippen MR) is 60.2 cm³/mol. The van der Waals surface area contributed by atoms with E-state index in [9.17, 15) is 18.0 Å². The molecule has 0 heterocycles. The van der Waals surface area contributed by atoms with Gasteiger partial charge in [-0.1, -0.05) is 30.3 Å². The Balaban J connectivity index is 2.66. The normalized spacial score (nSPS) is 11.1. The van der Waals surface area contributed by atoms with Crippen molar-refractivity contribution >= 4 is 21.8 Å². The van der Waals surface area contributed by atoms with Gasteiger partial charge in [0.05, 0.1) is 0 Å². The highest BCUT2D eigenvalue weighted by Crippen LogP contribution is 2.01. The standard InChI is InChI=1S/C10H11NO5S/c12-9(8-4-2-1-3-5-8)7-17(15,16)11-6-10(13)14/h1-5,11H,6-7H2,(H,13,14). The molecule has 0 atom stereocenters. The average molecular weight is 257 g/mol. The molecule has 0 radical (unpaired) electrons. The molecule has 1 aromatic rings. The smallest absolute Gasteiger partial charge is 0.318 e. The molecule has 17 heavy (non-hydrogen) atoms. The molecule has 0 fully saturated rings. The minimum absolute atomic E-state index is 0.271. The molecule has 1 rings (SSSR count). The Morgan fingerprint density at radius 2 is 1.76 bits per heavy atom. The maximum atomic E-state index is 11.5. The summed E-state index contributed by atoms with van der Waals surface area (Å²) in [7, 11) is -3.90. The lowest BCUT2D eigenvalue weighted by atomic mass is 10.2. The van der Waals surface area contributed by atoms with Crippen LogP contribution in [0.4, 0.5) is 0 Å². The number of hydrogen-bond donors (Lipinski definition) is 2. The Kier molecular flexibility index (Phi) is 4.36.